The molecule has 18 heavy (non-hydrogen) atoms. The Bertz CT molecular complexity index is 232. The fourth-order valence-corrected chi connectivity index (χ4v) is 2.98. The zero-order valence-corrected chi connectivity index (χ0v) is 13.3. The Balaban J connectivity index is 2.43. The van der Waals surface area contributed by atoms with E-state index >= 15 is 0 Å². The van der Waals surface area contributed by atoms with Crippen molar-refractivity contribution < 1.29 is 0 Å². The van der Waals surface area contributed by atoms with E-state index in [0.29, 0.717) is 11.5 Å². The molecule has 1 rings (SSSR count). The van der Waals surface area contributed by atoms with Crippen LogP contribution in [0.4, 0.5) is 0 Å². The van der Waals surface area contributed by atoms with Crippen LogP contribution in [-0.4, -0.2) is 62.2 Å². The van der Waals surface area contributed by atoms with Crippen molar-refractivity contribution in [1.82, 2.24) is 15.1 Å². The molecule has 1 saturated heterocycles. The highest BCUT2D eigenvalue weighted by Crippen LogP contribution is 2.24. The largest absolute Gasteiger partial charge is 0.317 e. The van der Waals surface area contributed by atoms with Crippen LogP contribution in [0.15, 0.2) is 0 Å². The summed E-state index contributed by atoms with van der Waals surface area (Å²) in [6, 6.07) is 1.33. The van der Waals surface area contributed by atoms with Gasteiger partial charge in [0.05, 0.1) is 0 Å². The number of likely N-dealkylation sites (tertiary alicyclic amines) is 1. The minimum absolute atomic E-state index is 0.325. The first-order valence-corrected chi connectivity index (χ1v) is 7.50. The number of piperidine rings is 1. The molecule has 3 nitrogen and oxygen atoms in total. The quantitative estimate of drug-likeness (QED) is 0.783. The summed E-state index contributed by atoms with van der Waals surface area (Å²) in [5.41, 5.74) is 0.325. The van der Waals surface area contributed by atoms with Crippen LogP contribution in [0, 0.1) is 5.41 Å². The van der Waals surface area contributed by atoms with E-state index in [1.165, 1.54) is 39.0 Å². The fraction of sp³-hybridized carbons (Fsp3) is 1.00. The van der Waals surface area contributed by atoms with Crippen molar-refractivity contribution in [2.75, 3.05) is 40.3 Å². The second-order valence-electron chi connectivity index (χ2n) is 6.58. The van der Waals surface area contributed by atoms with Crippen molar-refractivity contribution in [3.63, 3.8) is 0 Å². The van der Waals surface area contributed by atoms with E-state index < -0.39 is 0 Å². The molecular formula is C15H33N3. The maximum absolute atomic E-state index is 3.39. The average molecular weight is 255 g/mol. The van der Waals surface area contributed by atoms with E-state index in [4.69, 9.17) is 0 Å². The van der Waals surface area contributed by atoms with Crippen molar-refractivity contribution in [2.45, 2.75) is 52.6 Å². The van der Waals surface area contributed by atoms with Gasteiger partial charge in [0.1, 0.15) is 0 Å². The molecular weight excluding hydrogens is 222 g/mol. The van der Waals surface area contributed by atoms with Crippen LogP contribution in [0.1, 0.15) is 40.5 Å². The number of hydrogen-bond acceptors (Lipinski definition) is 3. The molecule has 1 aliphatic heterocycles. The predicted octanol–water partition coefficient (Wildman–Crippen LogP) is 2.04. The summed E-state index contributed by atoms with van der Waals surface area (Å²) < 4.78 is 0. The number of hydrogen-bond donors (Lipinski definition) is 1. The van der Waals surface area contributed by atoms with Gasteiger partial charge in [-0.15, -0.1) is 0 Å². The number of nitrogens with zero attached hydrogens (tertiary/aromatic N) is 2. The Morgan fingerprint density at radius 3 is 2.33 bits per heavy atom. The van der Waals surface area contributed by atoms with E-state index in [1.54, 1.807) is 0 Å². The van der Waals surface area contributed by atoms with Gasteiger partial charge >= 0.3 is 0 Å². The van der Waals surface area contributed by atoms with Crippen molar-refractivity contribution in [3.8, 4) is 0 Å². The molecule has 0 amide bonds. The molecule has 0 aromatic carbocycles. The van der Waals surface area contributed by atoms with Gasteiger partial charge in [0.25, 0.3) is 0 Å². The molecule has 0 bridgehead atoms. The van der Waals surface area contributed by atoms with Crippen LogP contribution >= 0.6 is 0 Å². The molecule has 1 atom stereocenters. The minimum atomic E-state index is 0.325. The lowest BCUT2D eigenvalue weighted by Gasteiger charge is -2.41. The van der Waals surface area contributed by atoms with Gasteiger partial charge in [-0.25, -0.2) is 0 Å². The van der Waals surface area contributed by atoms with E-state index in [0.717, 1.165) is 6.04 Å². The summed E-state index contributed by atoms with van der Waals surface area (Å²) in [5.74, 6) is 0. The molecule has 1 aliphatic rings. The Morgan fingerprint density at radius 2 is 1.89 bits per heavy atom. The predicted molar refractivity (Wildman–Crippen MR) is 80.1 cm³/mol. The Labute approximate surface area is 114 Å². The zero-order valence-electron chi connectivity index (χ0n) is 13.3. The highest BCUT2D eigenvalue weighted by atomic mass is 15.2. The highest BCUT2D eigenvalue weighted by Gasteiger charge is 2.30. The molecule has 1 heterocycles. The van der Waals surface area contributed by atoms with Gasteiger partial charge in [-0.2, -0.15) is 0 Å². The van der Waals surface area contributed by atoms with Crippen LogP contribution in [0.2, 0.25) is 0 Å². The monoisotopic (exact) mass is 255 g/mol. The second-order valence-corrected chi connectivity index (χ2v) is 6.58. The van der Waals surface area contributed by atoms with E-state index in [1.807, 2.05) is 0 Å². The van der Waals surface area contributed by atoms with Crippen LogP contribution < -0.4 is 5.32 Å². The normalized spacial score (nSPS) is 21.5. The summed E-state index contributed by atoms with van der Waals surface area (Å²) in [4.78, 5) is 5.15. The highest BCUT2D eigenvalue weighted by molar-refractivity contribution is 4.86. The van der Waals surface area contributed by atoms with Gasteiger partial charge < -0.3 is 15.1 Å². The molecule has 0 saturated carbocycles. The molecule has 0 radical (unpaired) electrons. The number of nitrogens with one attached hydrogen (secondary N) is 1. The molecule has 0 aromatic rings. The molecule has 1 N–H and O–H groups in total. The molecule has 1 unspecified atom stereocenters. The molecule has 3 heteroatoms. The van der Waals surface area contributed by atoms with Gasteiger partial charge in [0, 0.05) is 18.6 Å². The third kappa shape index (κ3) is 4.22. The summed E-state index contributed by atoms with van der Waals surface area (Å²) in [7, 11) is 4.36. The van der Waals surface area contributed by atoms with Crippen LogP contribution in [0.5, 0.6) is 0 Å². The second kappa shape index (κ2) is 6.88. The van der Waals surface area contributed by atoms with Crippen molar-refractivity contribution >= 4 is 0 Å². The van der Waals surface area contributed by atoms with E-state index in [2.05, 4.69) is 56.9 Å². The average Bonchev–Trinajstić information content (AvgIpc) is 2.37. The molecule has 1 fully saturated rings. The van der Waals surface area contributed by atoms with Crippen molar-refractivity contribution in [2.24, 2.45) is 5.41 Å². The molecule has 0 aromatic heterocycles. The summed E-state index contributed by atoms with van der Waals surface area (Å²) in [6.45, 7) is 14.2. The van der Waals surface area contributed by atoms with Gasteiger partial charge in [-0.3, -0.25) is 0 Å². The Hall–Kier alpha value is -0.120. The summed E-state index contributed by atoms with van der Waals surface area (Å²) in [5, 5.41) is 3.39. The van der Waals surface area contributed by atoms with Gasteiger partial charge in [-0.1, -0.05) is 20.8 Å². The van der Waals surface area contributed by atoms with Crippen molar-refractivity contribution in [1.29, 1.82) is 0 Å². The van der Waals surface area contributed by atoms with Crippen LogP contribution in [0.3, 0.4) is 0 Å². The minimum Gasteiger partial charge on any atom is -0.317 e. The maximum Gasteiger partial charge on any atom is 0.0117 e. The molecule has 108 valence electrons. The number of rotatable bonds is 6. The first kappa shape index (κ1) is 15.9. The lowest BCUT2D eigenvalue weighted by molar-refractivity contribution is 0.0869. The first-order chi connectivity index (χ1) is 8.40. The Kier molecular flexibility index (Phi) is 6.09. The van der Waals surface area contributed by atoms with Gasteiger partial charge in [-0.05, 0) is 58.9 Å². The van der Waals surface area contributed by atoms with Gasteiger partial charge in [0.2, 0.25) is 0 Å². The van der Waals surface area contributed by atoms with E-state index in [-0.39, 0.29) is 0 Å². The van der Waals surface area contributed by atoms with Crippen molar-refractivity contribution in [3.05, 3.63) is 0 Å². The lowest BCUT2D eigenvalue weighted by atomic mass is 9.84. The third-order valence-corrected chi connectivity index (χ3v) is 4.89. The summed E-state index contributed by atoms with van der Waals surface area (Å²) in [6.07, 6.45) is 2.66. The SMILES string of the molecule is CCN1CCC(N(C)CC(C)(C)C(C)NC)CC1. The fourth-order valence-electron chi connectivity index (χ4n) is 2.98. The first-order valence-electron chi connectivity index (χ1n) is 7.50. The molecule has 0 aliphatic carbocycles. The molecule has 0 spiro atoms. The topological polar surface area (TPSA) is 18.5 Å². The van der Waals surface area contributed by atoms with Crippen LogP contribution in [-0.2, 0) is 0 Å². The third-order valence-electron chi connectivity index (χ3n) is 4.89. The lowest BCUT2D eigenvalue weighted by Crippen LogP contribution is -2.50. The Morgan fingerprint density at radius 1 is 1.33 bits per heavy atom. The standard InChI is InChI=1S/C15H33N3/c1-7-18-10-8-14(9-11-18)17(6)12-15(3,4)13(2)16-5/h13-14,16H,7-12H2,1-6H3. The van der Waals surface area contributed by atoms with E-state index in [9.17, 15) is 0 Å². The maximum atomic E-state index is 3.39. The van der Waals surface area contributed by atoms with Crippen LogP contribution in [0.25, 0.3) is 0 Å². The smallest absolute Gasteiger partial charge is 0.0117 e. The summed E-state index contributed by atoms with van der Waals surface area (Å²) >= 11 is 0. The zero-order chi connectivity index (χ0) is 13.8. The van der Waals surface area contributed by atoms with Gasteiger partial charge in [0.15, 0.2) is 0 Å².